The number of nitrogens with one attached hydrogen (secondary N) is 1. The van der Waals surface area contributed by atoms with Crippen molar-refractivity contribution in [2.24, 2.45) is 0 Å². The summed E-state index contributed by atoms with van der Waals surface area (Å²) in [4.78, 5) is 23.1. The molecule has 1 N–H and O–H groups in total. The Labute approximate surface area is 80.5 Å². The fourth-order valence-corrected chi connectivity index (χ4v) is 1.03. The van der Waals surface area contributed by atoms with E-state index in [1.54, 1.807) is 4.98 Å². The third kappa shape index (κ3) is 1.79. The Balaban J connectivity index is 3.49. The van der Waals surface area contributed by atoms with Crippen LogP contribution in [0.25, 0.3) is 0 Å². The molecule has 0 saturated carbocycles. The highest BCUT2D eigenvalue weighted by atomic mass is 35.5. The molecular formula is C7H3ClF3NO2. The van der Waals surface area contributed by atoms with Crippen molar-refractivity contribution in [1.82, 2.24) is 4.98 Å². The van der Waals surface area contributed by atoms with Gasteiger partial charge in [-0.05, 0) is 11.6 Å². The van der Waals surface area contributed by atoms with Crippen molar-refractivity contribution in [3.63, 3.8) is 0 Å². The number of carbonyl (C=O) groups is 1. The zero-order valence-corrected chi connectivity index (χ0v) is 7.24. The third-order valence-corrected chi connectivity index (χ3v) is 1.68. The molecule has 76 valence electrons. The van der Waals surface area contributed by atoms with E-state index in [1.807, 2.05) is 0 Å². The van der Waals surface area contributed by atoms with Gasteiger partial charge in [0.15, 0.2) is 5.82 Å². The highest BCUT2D eigenvalue weighted by molar-refractivity contribution is 6.67. The minimum Gasteiger partial charge on any atom is -0.328 e. The normalized spacial score (nSPS) is 10.6. The molecule has 0 aliphatic carbocycles. The Hall–Kier alpha value is -1.30. The van der Waals surface area contributed by atoms with Crippen LogP contribution in [0.3, 0.4) is 0 Å². The molecule has 0 spiro atoms. The lowest BCUT2D eigenvalue weighted by atomic mass is 10.2. The van der Waals surface area contributed by atoms with E-state index in [1.165, 1.54) is 0 Å². The van der Waals surface area contributed by atoms with Crippen LogP contribution in [0.15, 0.2) is 11.0 Å². The molecule has 1 aromatic rings. The molecule has 0 fully saturated rings. The van der Waals surface area contributed by atoms with Gasteiger partial charge in [0.2, 0.25) is 0 Å². The van der Waals surface area contributed by atoms with Crippen LogP contribution in [0.2, 0.25) is 0 Å². The average Bonchev–Trinajstić information content (AvgIpc) is 2.02. The lowest BCUT2D eigenvalue weighted by Gasteiger charge is -2.02. The van der Waals surface area contributed by atoms with Gasteiger partial charge in [0.1, 0.15) is 5.56 Å². The van der Waals surface area contributed by atoms with Crippen molar-refractivity contribution < 1.29 is 18.0 Å². The first kappa shape index (κ1) is 10.8. The maximum Gasteiger partial charge on any atom is 0.268 e. The van der Waals surface area contributed by atoms with E-state index in [4.69, 9.17) is 11.6 Å². The van der Waals surface area contributed by atoms with Crippen molar-refractivity contribution in [3.05, 3.63) is 33.5 Å². The molecule has 1 rings (SSSR count). The van der Waals surface area contributed by atoms with E-state index in [9.17, 15) is 22.8 Å². The van der Waals surface area contributed by atoms with Crippen LogP contribution in [-0.2, 0) is 0 Å². The molecule has 14 heavy (non-hydrogen) atoms. The second-order valence-corrected chi connectivity index (χ2v) is 2.68. The average molecular weight is 226 g/mol. The van der Waals surface area contributed by atoms with Crippen LogP contribution >= 0.6 is 11.6 Å². The van der Waals surface area contributed by atoms with Crippen molar-refractivity contribution in [2.45, 2.75) is 6.43 Å². The van der Waals surface area contributed by atoms with Gasteiger partial charge in [-0.2, -0.15) is 0 Å². The van der Waals surface area contributed by atoms with Crippen molar-refractivity contribution in [3.8, 4) is 0 Å². The zero-order chi connectivity index (χ0) is 10.9. The number of aromatic amines is 1. The Bertz CT molecular complexity index is 429. The molecule has 3 nitrogen and oxygen atoms in total. The number of aromatic nitrogens is 1. The maximum absolute atomic E-state index is 13.0. The van der Waals surface area contributed by atoms with Gasteiger partial charge in [0, 0.05) is 6.20 Å². The minimum atomic E-state index is -3.12. The van der Waals surface area contributed by atoms with Gasteiger partial charge < -0.3 is 4.98 Å². The molecule has 0 unspecified atom stereocenters. The number of pyridine rings is 1. The number of hydrogen-bond donors (Lipinski definition) is 1. The standard InChI is InChI=1S/C7H3ClF3NO2/c8-5(13)3-4(9)2(6(10)11)1-12-7(3)14/h1,6H,(H,12,14). The Morgan fingerprint density at radius 3 is 2.50 bits per heavy atom. The summed E-state index contributed by atoms with van der Waals surface area (Å²) in [5.41, 5.74) is -3.29. The van der Waals surface area contributed by atoms with E-state index in [2.05, 4.69) is 0 Å². The van der Waals surface area contributed by atoms with Crippen LogP contribution in [0, 0.1) is 5.82 Å². The van der Waals surface area contributed by atoms with E-state index >= 15 is 0 Å². The Kier molecular flexibility index (Phi) is 2.95. The van der Waals surface area contributed by atoms with Gasteiger partial charge >= 0.3 is 0 Å². The third-order valence-electron chi connectivity index (χ3n) is 1.49. The quantitative estimate of drug-likeness (QED) is 0.781. The number of hydrogen-bond acceptors (Lipinski definition) is 2. The fraction of sp³-hybridized carbons (Fsp3) is 0.143. The highest BCUT2D eigenvalue weighted by Gasteiger charge is 2.22. The topological polar surface area (TPSA) is 49.9 Å². The molecule has 0 aromatic carbocycles. The van der Waals surface area contributed by atoms with Crippen LogP contribution in [0.5, 0.6) is 0 Å². The monoisotopic (exact) mass is 225 g/mol. The lowest BCUT2D eigenvalue weighted by molar-refractivity contribution is 0.107. The number of alkyl halides is 2. The summed E-state index contributed by atoms with van der Waals surface area (Å²) < 4.78 is 37.2. The lowest BCUT2D eigenvalue weighted by Crippen LogP contribution is -2.19. The van der Waals surface area contributed by atoms with Crippen molar-refractivity contribution in [2.75, 3.05) is 0 Å². The van der Waals surface area contributed by atoms with Crippen LogP contribution in [0.4, 0.5) is 13.2 Å². The first-order valence-corrected chi connectivity index (χ1v) is 3.72. The van der Waals surface area contributed by atoms with E-state index in [0.29, 0.717) is 6.20 Å². The van der Waals surface area contributed by atoms with Gasteiger partial charge in [0.25, 0.3) is 17.2 Å². The Morgan fingerprint density at radius 1 is 1.50 bits per heavy atom. The molecular weight excluding hydrogens is 223 g/mol. The first-order valence-electron chi connectivity index (χ1n) is 3.34. The van der Waals surface area contributed by atoms with E-state index in [-0.39, 0.29) is 0 Å². The van der Waals surface area contributed by atoms with E-state index in [0.717, 1.165) is 0 Å². The molecule has 0 amide bonds. The van der Waals surface area contributed by atoms with Crippen molar-refractivity contribution in [1.29, 1.82) is 0 Å². The second kappa shape index (κ2) is 3.83. The van der Waals surface area contributed by atoms with Gasteiger partial charge in [-0.25, -0.2) is 13.2 Å². The number of rotatable bonds is 2. The molecule has 1 heterocycles. The predicted molar refractivity (Wildman–Crippen MR) is 42.2 cm³/mol. The van der Waals surface area contributed by atoms with Crippen molar-refractivity contribution >= 4 is 16.8 Å². The summed E-state index contributed by atoms with van der Waals surface area (Å²) in [6, 6.07) is 0. The van der Waals surface area contributed by atoms with Gasteiger partial charge in [-0.1, -0.05) is 0 Å². The van der Waals surface area contributed by atoms with Gasteiger partial charge in [-0.15, -0.1) is 0 Å². The summed E-state index contributed by atoms with van der Waals surface area (Å²) in [6.45, 7) is 0. The molecule has 7 heteroatoms. The summed E-state index contributed by atoms with van der Waals surface area (Å²) in [7, 11) is 0. The molecule has 0 radical (unpaired) electrons. The van der Waals surface area contributed by atoms with Crippen LogP contribution in [-0.4, -0.2) is 10.2 Å². The predicted octanol–water partition coefficient (Wildman–Crippen LogP) is 1.83. The number of H-pyrrole nitrogens is 1. The SMILES string of the molecule is O=C(Cl)c1c(F)c(C(F)F)c[nH]c1=O. The molecule has 0 aliphatic rings. The second-order valence-electron chi connectivity index (χ2n) is 2.34. The fourth-order valence-electron chi connectivity index (χ4n) is 0.857. The summed E-state index contributed by atoms with van der Waals surface area (Å²) in [5, 5.41) is -1.41. The minimum absolute atomic E-state index is 0.506. The van der Waals surface area contributed by atoms with Gasteiger partial charge in [0.05, 0.1) is 5.56 Å². The summed E-state index contributed by atoms with van der Waals surface area (Å²) in [6.07, 6.45) is -2.62. The molecule has 1 aromatic heterocycles. The number of carbonyl (C=O) groups excluding carboxylic acids is 1. The van der Waals surface area contributed by atoms with Crippen LogP contribution < -0.4 is 5.56 Å². The molecule has 0 atom stereocenters. The molecule has 0 bridgehead atoms. The summed E-state index contributed by atoms with van der Waals surface area (Å²) in [5.74, 6) is -1.58. The largest absolute Gasteiger partial charge is 0.328 e. The van der Waals surface area contributed by atoms with Crippen LogP contribution in [0.1, 0.15) is 22.3 Å². The zero-order valence-electron chi connectivity index (χ0n) is 6.48. The van der Waals surface area contributed by atoms with E-state index < -0.39 is 34.2 Å². The maximum atomic E-state index is 13.0. The molecule has 0 aliphatic heterocycles. The Morgan fingerprint density at radius 2 is 2.07 bits per heavy atom. The highest BCUT2D eigenvalue weighted by Crippen LogP contribution is 2.21. The number of halogens is 4. The smallest absolute Gasteiger partial charge is 0.268 e. The van der Waals surface area contributed by atoms with Gasteiger partial charge in [-0.3, -0.25) is 9.59 Å². The first-order chi connectivity index (χ1) is 6.45. The molecule has 0 saturated heterocycles. The summed E-state index contributed by atoms with van der Waals surface area (Å²) >= 11 is 4.85.